The highest BCUT2D eigenvalue weighted by atomic mass is 16.5. The number of H-pyrrole nitrogens is 1. The van der Waals surface area contributed by atoms with E-state index in [1.165, 1.54) is 19.0 Å². The van der Waals surface area contributed by atoms with Crippen LogP contribution >= 0.6 is 0 Å². The van der Waals surface area contributed by atoms with Gasteiger partial charge in [-0.15, -0.1) is 5.10 Å². The van der Waals surface area contributed by atoms with Crippen LogP contribution in [0.5, 0.6) is 5.88 Å². The van der Waals surface area contributed by atoms with Crippen LogP contribution in [-0.2, 0) is 0 Å². The Balaban J connectivity index is 1.16. The minimum absolute atomic E-state index is 0.200. The molecule has 0 unspecified atom stereocenters. The first-order chi connectivity index (χ1) is 14.2. The average Bonchev–Trinajstić information content (AvgIpc) is 3.51. The van der Waals surface area contributed by atoms with Crippen molar-refractivity contribution in [1.29, 1.82) is 0 Å². The summed E-state index contributed by atoms with van der Waals surface area (Å²) in [6.07, 6.45) is 7.64. The van der Waals surface area contributed by atoms with Gasteiger partial charge in [0.15, 0.2) is 5.65 Å². The molecule has 2 fully saturated rings. The van der Waals surface area contributed by atoms with Crippen LogP contribution in [0.3, 0.4) is 0 Å². The molecule has 8 nitrogen and oxygen atoms in total. The second kappa shape index (κ2) is 7.35. The number of fused-ring (bicyclic) bond motifs is 1. The molecule has 1 saturated carbocycles. The van der Waals surface area contributed by atoms with Gasteiger partial charge < -0.3 is 14.6 Å². The van der Waals surface area contributed by atoms with Gasteiger partial charge in [0.25, 0.3) is 11.5 Å². The predicted molar refractivity (Wildman–Crippen MR) is 106 cm³/mol. The number of aromatic nitrogens is 4. The van der Waals surface area contributed by atoms with E-state index in [0.29, 0.717) is 37.4 Å². The zero-order valence-electron chi connectivity index (χ0n) is 16.1. The van der Waals surface area contributed by atoms with E-state index in [2.05, 4.69) is 15.1 Å². The SMILES string of the molecule is O=C(c1ccc[nH]c1=O)N1CCC(COc2ccc3nc(C4CC4)cn3n2)CC1. The summed E-state index contributed by atoms with van der Waals surface area (Å²) in [5.41, 5.74) is 1.82. The van der Waals surface area contributed by atoms with Crippen molar-refractivity contribution in [2.45, 2.75) is 31.6 Å². The largest absolute Gasteiger partial charge is 0.476 e. The van der Waals surface area contributed by atoms with Gasteiger partial charge in [-0.05, 0) is 49.8 Å². The fraction of sp³-hybridized carbons (Fsp3) is 0.429. The number of piperidine rings is 1. The number of hydrogen-bond donors (Lipinski definition) is 1. The van der Waals surface area contributed by atoms with E-state index in [9.17, 15) is 9.59 Å². The van der Waals surface area contributed by atoms with Crippen LogP contribution in [-0.4, -0.2) is 50.1 Å². The lowest BCUT2D eigenvalue weighted by molar-refractivity contribution is 0.0657. The van der Waals surface area contributed by atoms with Gasteiger partial charge in [0.1, 0.15) is 5.56 Å². The van der Waals surface area contributed by atoms with Crippen LogP contribution in [0.4, 0.5) is 0 Å². The van der Waals surface area contributed by atoms with Gasteiger partial charge in [-0.2, -0.15) is 0 Å². The van der Waals surface area contributed by atoms with Crippen LogP contribution in [0, 0.1) is 5.92 Å². The summed E-state index contributed by atoms with van der Waals surface area (Å²) < 4.78 is 7.71. The van der Waals surface area contributed by atoms with Gasteiger partial charge in [0.2, 0.25) is 5.88 Å². The number of hydrogen-bond acceptors (Lipinski definition) is 5. The van der Waals surface area contributed by atoms with Crippen molar-refractivity contribution in [2.24, 2.45) is 5.92 Å². The number of likely N-dealkylation sites (tertiary alicyclic amines) is 1. The van der Waals surface area contributed by atoms with Crippen molar-refractivity contribution in [3.63, 3.8) is 0 Å². The van der Waals surface area contributed by atoms with Crippen molar-refractivity contribution in [3.05, 3.63) is 58.3 Å². The Kier molecular flexibility index (Phi) is 4.54. The Bertz CT molecular complexity index is 1090. The maximum absolute atomic E-state index is 12.5. The minimum Gasteiger partial charge on any atom is -0.476 e. The number of nitrogens with zero attached hydrogens (tertiary/aromatic N) is 4. The van der Waals surface area contributed by atoms with Crippen LogP contribution in [0.1, 0.15) is 47.7 Å². The Morgan fingerprint density at radius 1 is 1.17 bits per heavy atom. The highest BCUT2D eigenvalue weighted by Crippen LogP contribution is 2.39. The number of pyridine rings is 1. The molecule has 0 bridgehead atoms. The number of nitrogens with one attached hydrogen (secondary N) is 1. The van der Waals surface area contributed by atoms with Crippen molar-refractivity contribution in [1.82, 2.24) is 24.5 Å². The number of aromatic amines is 1. The molecule has 0 radical (unpaired) electrons. The van der Waals surface area contributed by atoms with Gasteiger partial charge in [-0.1, -0.05) is 0 Å². The lowest BCUT2D eigenvalue weighted by Gasteiger charge is -2.31. The Hall–Kier alpha value is -3.16. The molecule has 3 aromatic rings. The fourth-order valence-corrected chi connectivity index (χ4v) is 3.80. The summed E-state index contributed by atoms with van der Waals surface area (Å²) >= 11 is 0. The van der Waals surface area contributed by atoms with Crippen LogP contribution in [0.2, 0.25) is 0 Å². The molecule has 0 atom stereocenters. The van der Waals surface area contributed by atoms with Crippen molar-refractivity contribution in [2.75, 3.05) is 19.7 Å². The molecule has 1 aliphatic carbocycles. The third-order valence-corrected chi connectivity index (χ3v) is 5.73. The van der Waals surface area contributed by atoms with Gasteiger partial charge in [0.05, 0.1) is 18.5 Å². The number of carbonyl (C=O) groups excluding carboxylic acids is 1. The Labute approximate surface area is 167 Å². The van der Waals surface area contributed by atoms with Gasteiger partial charge in [-0.25, -0.2) is 9.50 Å². The van der Waals surface area contributed by atoms with Gasteiger partial charge >= 0.3 is 0 Å². The number of amides is 1. The summed E-state index contributed by atoms with van der Waals surface area (Å²) in [6.45, 7) is 1.82. The number of rotatable bonds is 5. The quantitative estimate of drug-likeness (QED) is 0.718. The molecule has 4 heterocycles. The van der Waals surface area contributed by atoms with E-state index < -0.39 is 0 Å². The topological polar surface area (TPSA) is 92.6 Å². The first kappa shape index (κ1) is 17.9. The summed E-state index contributed by atoms with van der Waals surface area (Å²) in [5.74, 6) is 1.34. The molecule has 1 amide bonds. The van der Waals surface area contributed by atoms with Crippen LogP contribution in [0.15, 0.2) is 41.5 Å². The van der Waals surface area contributed by atoms with Gasteiger partial charge in [0, 0.05) is 31.3 Å². The third kappa shape index (κ3) is 3.74. The van der Waals surface area contributed by atoms with E-state index in [-0.39, 0.29) is 17.0 Å². The third-order valence-electron chi connectivity index (χ3n) is 5.73. The van der Waals surface area contributed by atoms with Gasteiger partial charge in [-0.3, -0.25) is 9.59 Å². The van der Waals surface area contributed by atoms with E-state index in [1.807, 2.05) is 18.3 Å². The molecule has 0 spiro atoms. The van der Waals surface area contributed by atoms with E-state index in [0.717, 1.165) is 24.2 Å². The molecule has 1 N–H and O–H groups in total. The standard InChI is InChI=1S/C21H23N5O3/c27-20-16(2-1-9-22-20)21(28)25-10-7-14(8-11-25)13-29-19-6-5-18-23-17(15-3-4-15)12-26(18)24-19/h1-2,5-6,9,12,14-15H,3-4,7-8,10-11,13H2,(H,22,27). The van der Waals surface area contributed by atoms with Crippen molar-refractivity contribution < 1.29 is 9.53 Å². The maximum atomic E-state index is 12.5. The minimum atomic E-state index is -0.339. The molecular formula is C21H23N5O3. The Morgan fingerprint density at radius 3 is 2.76 bits per heavy atom. The fourth-order valence-electron chi connectivity index (χ4n) is 3.80. The lowest BCUT2D eigenvalue weighted by Crippen LogP contribution is -2.41. The van der Waals surface area contributed by atoms with Crippen molar-refractivity contribution in [3.8, 4) is 5.88 Å². The summed E-state index contributed by atoms with van der Waals surface area (Å²) in [4.78, 5) is 33.3. The monoisotopic (exact) mass is 393 g/mol. The molecule has 150 valence electrons. The molecule has 3 aromatic heterocycles. The summed E-state index contributed by atoms with van der Waals surface area (Å²) in [7, 11) is 0. The highest BCUT2D eigenvalue weighted by molar-refractivity contribution is 5.93. The maximum Gasteiger partial charge on any atom is 0.260 e. The lowest BCUT2D eigenvalue weighted by atomic mass is 9.97. The molecule has 0 aromatic carbocycles. The van der Waals surface area contributed by atoms with Crippen molar-refractivity contribution >= 4 is 11.6 Å². The summed E-state index contributed by atoms with van der Waals surface area (Å²) in [5, 5.41) is 4.51. The normalized spacial score (nSPS) is 17.6. The van der Waals surface area contributed by atoms with Crippen LogP contribution < -0.4 is 10.3 Å². The summed E-state index contributed by atoms with van der Waals surface area (Å²) in [6, 6.07) is 7.04. The molecule has 1 aliphatic heterocycles. The van der Waals surface area contributed by atoms with E-state index in [1.54, 1.807) is 21.5 Å². The predicted octanol–water partition coefficient (Wildman–Crippen LogP) is 2.23. The second-order valence-corrected chi connectivity index (χ2v) is 7.87. The molecule has 29 heavy (non-hydrogen) atoms. The number of carbonyl (C=O) groups is 1. The molecule has 2 aliphatic rings. The number of imidazole rings is 1. The molecule has 8 heteroatoms. The smallest absolute Gasteiger partial charge is 0.260 e. The molecule has 1 saturated heterocycles. The van der Waals surface area contributed by atoms with E-state index >= 15 is 0 Å². The zero-order valence-corrected chi connectivity index (χ0v) is 16.1. The first-order valence-corrected chi connectivity index (χ1v) is 10.1. The molecular weight excluding hydrogens is 370 g/mol. The average molecular weight is 393 g/mol. The molecule has 5 rings (SSSR count). The van der Waals surface area contributed by atoms with E-state index in [4.69, 9.17) is 4.74 Å². The van der Waals surface area contributed by atoms with Crippen LogP contribution in [0.25, 0.3) is 5.65 Å². The first-order valence-electron chi connectivity index (χ1n) is 10.1. The highest BCUT2D eigenvalue weighted by Gasteiger charge is 2.27. The zero-order chi connectivity index (χ0) is 19.8. The Morgan fingerprint density at radius 2 is 2.00 bits per heavy atom. The number of ether oxygens (including phenoxy) is 1. The second-order valence-electron chi connectivity index (χ2n) is 7.87.